The van der Waals surface area contributed by atoms with Gasteiger partial charge in [0.05, 0.1) is 23.8 Å². The van der Waals surface area contributed by atoms with Crippen molar-refractivity contribution >= 4 is 11.6 Å². The molecule has 0 aliphatic carbocycles. The van der Waals surface area contributed by atoms with Crippen molar-refractivity contribution < 1.29 is 22.7 Å². The van der Waals surface area contributed by atoms with Crippen LogP contribution in [0.5, 0.6) is 0 Å². The van der Waals surface area contributed by atoms with Gasteiger partial charge in [0.2, 0.25) is 0 Å². The van der Waals surface area contributed by atoms with E-state index in [2.05, 4.69) is 5.32 Å². The van der Waals surface area contributed by atoms with Crippen molar-refractivity contribution in [2.45, 2.75) is 26.1 Å². The Labute approximate surface area is 121 Å². The maximum absolute atomic E-state index is 12.7. The first-order chi connectivity index (χ1) is 9.66. The average Bonchev–Trinajstić information content (AvgIpc) is 2.36. The van der Waals surface area contributed by atoms with Crippen molar-refractivity contribution in [1.82, 2.24) is 5.32 Å². The largest absolute Gasteiger partial charge is 0.416 e. The predicted molar refractivity (Wildman–Crippen MR) is 73.8 cm³/mol. The Hall–Kier alpha value is -1.76. The second-order valence-corrected chi connectivity index (χ2v) is 5.08. The highest BCUT2D eigenvalue weighted by atomic mass is 19.4. The van der Waals surface area contributed by atoms with E-state index in [1.54, 1.807) is 0 Å². The molecule has 0 aliphatic heterocycles. The van der Waals surface area contributed by atoms with Crippen LogP contribution in [0.2, 0.25) is 0 Å². The zero-order valence-corrected chi connectivity index (χ0v) is 12.1. The monoisotopic (exact) mass is 304 g/mol. The Morgan fingerprint density at radius 2 is 2.00 bits per heavy atom. The Bertz CT molecular complexity index is 501. The van der Waals surface area contributed by atoms with E-state index in [4.69, 9.17) is 10.5 Å². The number of nitrogens with one attached hydrogen (secondary N) is 1. The minimum Gasteiger partial charge on any atom is -0.398 e. The Morgan fingerprint density at radius 3 is 2.48 bits per heavy atom. The molecule has 1 atom stereocenters. The number of nitrogen functional groups attached to an aromatic ring is 1. The molecule has 1 aromatic rings. The van der Waals surface area contributed by atoms with Crippen LogP contribution in [-0.2, 0) is 10.9 Å². The first-order valence-electron chi connectivity index (χ1n) is 6.43. The van der Waals surface area contributed by atoms with Crippen LogP contribution >= 0.6 is 0 Å². The van der Waals surface area contributed by atoms with Gasteiger partial charge in [0, 0.05) is 12.8 Å². The molecule has 0 spiro atoms. The van der Waals surface area contributed by atoms with E-state index in [0.717, 1.165) is 18.2 Å². The number of carbonyl (C=O) groups excluding carboxylic acids is 1. The fourth-order valence-electron chi connectivity index (χ4n) is 1.76. The first-order valence-corrected chi connectivity index (χ1v) is 6.43. The predicted octanol–water partition coefficient (Wildman–Crippen LogP) is 2.69. The van der Waals surface area contributed by atoms with Crippen LogP contribution in [0.4, 0.5) is 18.9 Å². The van der Waals surface area contributed by atoms with Crippen molar-refractivity contribution in [3.63, 3.8) is 0 Å². The van der Waals surface area contributed by atoms with Gasteiger partial charge in [-0.1, -0.05) is 13.8 Å². The number of carbonyl (C=O) groups is 1. The minimum atomic E-state index is -4.52. The minimum absolute atomic E-state index is 0.000392. The van der Waals surface area contributed by atoms with Crippen LogP contribution in [0.15, 0.2) is 18.2 Å². The molecule has 118 valence electrons. The highest BCUT2D eigenvalue weighted by molar-refractivity contribution is 5.99. The van der Waals surface area contributed by atoms with Gasteiger partial charge in [-0.2, -0.15) is 13.2 Å². The summed E-state index contributed by atoms with van der Waals surface area (Å²) in [7, 11) is 1.49. The maximum atomic E-state index is 12.7. The highest BCUT2D eigenvalue weighted by Gasteiger charge is 2.31. The van der Waals surface area contributed by atoms with Crippen molar-refractivity contribution in [3.8, 4) is 0 Å². The maximum Gasteiger partial charge on any atom is 0.416 e. The zero-order valence-electron chi connectivity index (χ0n) is 12.1. The van der Waals surface area contributed by atoms with Crippen LogP contribution < -0.4 is 11.1 Å². The molecule has 1 rings (SSSR count). The van der Waals surface area contributed by atoms with Crippen molar-refractivity contribution in [2.24, 2.45) is 5.92 Å². The van der Waals surface area contributed by atoms with E-state index in [0.29, 0.717) is 0 Å². The first kappa shape index (κ1) is 17.3. The van der Waals surface area contributed by atoms with Crippen LogP contribution in [0.3, 0.4) is 0 Å². The van der Waals surface area contributed by atoms with Gasteiger partial charge in [-0.25, -0.2) is 0 Å². The van der Waals surface area contributed by atoms with Crippen LogP contribution in [0.1, 0.15) is 29.8 Å². The Morgan fingerprint density at radius 1 is 1.38 bits per heavy atom. The normalized spacial score (nSPS) is 13.3. The lowest BCUT2D eigenvalue weighted by atomic mass is 10.0. The van der Waals surface area contributed by atoms with Crippen LogP contribution in [0.25, 0.3) is 0 Å². The lowest BCUT2D eigenvalue weighted by Crippen LogP contribution is -2.41. The molecule has 0 fully saturated rings. The molecule has 0 aliphatic rings. The number of nitrogens with two attached hydrogens (primary N) is 1. The zero-order chi connectivity index (χ0) is 16.2. The number of alkyl halides is 3. The lowest BCUT2D eigenvalue weighted by Gasteiger charge is -2.22. The summed E-state index contributed by atoms with van der Waals surface area (Å²) in [4.78, 5) is 12.1. The van der Waals surface area contributed by atoms with Gasteiger partial charge in [-0.3, -0.25) is 4.79 Å². The molecule has 1 unspecified atom stereocenters. The molecule has 1 amide bonds. The van der Waals surface area contributed by atoms with Gasteiger partial charge in [0.1, 0.15) is 0 Å². The summed E-state index contributed by atoms with van der Waals surface area (Å²) < 4.78 is 43.0. The van der Waals surface area contributed by atoms with Gasteiger partial charge in [0.15, 0.2) is 0 Å². The molecule has 21 heavy (non-hydrogen) atoms. The number of amides is 1. The number of methoxy groups -OCH3 is 1. The number of anilines is 1. The summed E-state index contributed by atoms with van der Waals surface area (Å²) in [6.07, 6.45) is -4.52. The fraction of sp³-hybridized carbons (Fsp3) is 0.500. The highest BCUT2D eigenvalue weighted by Crippen LogP contribution is 2.31. The number of hydrogen-bond donors (Lipinski definition) is 2. The van der Waals surface area contributed by atoms with Gasteiger partial charge < -0.3 is 15.8 Å². The third-order valence-electron chi connectivity index (χ3n) is 3.09. The van der Waals surface area contributed by atoms with E-state index in [1.807, 2.05) is 13.8 Å². The summed E-state index contributed by atoms with van der Waals surface area (Å²) in [5.41, 5.74) is 4.50. The molecule has 1 aromatic carbocycles. The lowest BCUT2D eigenvalue weighted by molar-refractivity contribution is -0.137. The molecule has 0 aromatic heterocycles. The summed E-state index contributed by atoms with van der Waals surface area (Å²) in [6.45, 7) is 4.02. The number of benzene rings is 1. The topological polar surface area (TPSA) is 64.3 Å². The fourth-order valence-corrected chi connectivity index (χ4v) is 1.76. The second-order valence-electron chi connectivity index (χ2n) is 5.08. The summed E-state index contributed by atoms with van der Waals surface area (Å²) >= 11 is 0. The smallest absolute Gasteiger partial charge is 0.398 e. The van der Waals surface area contributed by atoms with Gasteiger partial charge in [-0.15, -0.1) is 0 Å². The summed E-state index contributed by atoms with van der Waals surface area (Å²) in [6, 6.07) is 2.38. The Kier molecular flexibility index (Phi) is 5.60. The van der Waals surface area contributed by atoms with Crippen molar-refractivity contribution in [1.29, 1.82) is 0 Å². The molecule has 0 heterocycles. The summed E-state index contributed by atoms with van der Waals surface area (Å²) in [5.74, 6) is -0.574. The molecule has 0 saturated heterocycles. The van der Waals surface area contributed by atoms with E-state index >= 15 is 0 Å². The average molecular weight is 304 g/mol. The number of hydrogen-bond acceptors (Lipinski definition) is 3. The Balaban J connectivity index is 3.01. The molecular formula is C14H19F3N2O2. The van der Waals surface area contributed by atoms with E-state index < -0.39 is 17.6 Å². The van der Waals surface area contributed by atoms with E-state index in [9.17, 15) is 18.0 Å². The van der Waals surface area contributed by atoms with Crippen LogP contribution in [-0.4, -0.2) is 25.7 Å². The quantitative estimate of drug-likeness (QED) is 0.822. The number of rotatable bonds is 5. The van der Waals surface area contributed by atoms with Crippen molar-refractivity contribution in [2.75, 3.05) is 19.5 Å². The SMILES string of the molecule is COCC(NC(=O)c1cc(C(F)(F)F)ccc1N)C(C)C. The van der Waals surface area contributed by atoms with Crippen molar-refractivity contribution in [3.05, 3.63) is 29.3 Å². The molecule has 0 saturated carbocycles. The van der Waals surface area contributed by atoms with Crippen LogP contribution in [0, 0.1) is 5.92 Å². The third-order valence-corrected chi connectivity index (χ3v) is 3.09. The third kappa shape index (κ3) is 4.63. The van der Waals surface area contributed by atoms with Gasteiger partial charge >= 0.3 is 6.18 Å². The molecule has 0 bridgehead atoms. The standard InChI is InChI=1S/C14H19F3N2O2/c1-8(2)12(7-21-3)19-13(20)10-6-9(14(15,16)17)4-5-11(10)18/h4-6,8,12H,7,18H2,1-3H3,(H,19,20). The summed E-state index contributed by atoms with van der Waals surface area (Å²) in [5, 5.41) is 2.64. The second kappa shape index (κ2) is 6.80. The molecule has 3 N–H and O–H groups in total. The molecular weight excluding hydrogens is 285 g/mol. The van der Waals surface area contributed by atoms with Gasteiger partial charge in [-0.05, 0) is 24.1 Å². The molecule has 4 nitrogen and oxygen atoms in total. The van der Waals surface area contributed by atoms with Gasteiger partial charge in [0.25, 0.3) is 5.91 Å². The van der Waals surface area contributed by atoms with E-state index in [-0.39, 0.29) is 29.8 Å². The molecule has 0 radical (unpaired) electrons. The van der Waals surface area contributed by atoms with E-state index in [1.165, 1.54) is 7.11 Å². The number of halogens is 3. The number of ether oxygens (including phenoxy) is 1. The molecule has 7 heteroatoms.